The number of rotatable bonds is 7. The predicted octanol–water partition coefficient (Wildman–Crippen LogP) is 2.83. The average molecular weight is 460 g/mol. The molecule has 2 N–H and O–H groups in total. The lowest BCUT2D eigenvalue weighted by Gasteiger charge is -2.26. The van der Waals surface area contributed by atoms with Crippen LogP contribution in [-0.4, -0.2) is 61.0 Å². The van der Waals surface area contributed by atoms with Crippen molar-refractivity contribution in [3.8, 4) is 11.5 Å². The summed E-state index contributed by atoms with van der Waals surface area (Å²) in [5.74, 6) is 2.62. The van der Waals surface area contributed by atoms with Gasteiger partial charge in [0.2, 0.25) is 0 Å². The molecule has 9 nitrogen and oxygen atoms in total. The van der Waals surface area contributed by atoms with Crippen molar-refractivity contribution < 1.29 is 0 Å². The van der Waals surface area contributed by atoms with Crippen LogP contribution in [0.1, 0.15) is 22.2 Å². The van der Waals surface area contributed by atoms with Gasteiger partial charge in [-0.15, -0.1) is 11.3 Å². The first-order valence-corrected chi connectivity index (χ1v) is 11.8. The van der Waals surface area contributed by atoms with Crippen molar-refractivity contribution in [1.29, 1.82) is 0 Å². The molecule has 1 saturated heterocycles. The summed E-state index contributed by atoms with van der Waals surface area (Å²) in [6.45, 7) is 7.06. The molecule has 4 aromatic heterocycles. The maximum atomic E-state index is 4.79. The van der Waals surface area contributed by atoms with Crippen molar-refractivity contribution in [2.45, 2.75) is 19.9 Å². The Labute approximate surface area is 196 Å². The molecule has 0 spiro atoms. The standard InChI is InChI=1S/C23H25N9S/c1-16-3-2-4-18(27-16)23-26-8-6-20(31-23)29-19-5-7-25-21(30-19)13-22-28-17(15-33-22)14-32-11-9-24-10-12-32/h2-8,15,24H,9-14H2,1H3,(H,25,26,29,30,31). The van der Waals surface area contributed by atoms with Crippen LogP contribution in [0, 0.1) is 6.92 Å². The number of anilines is 2. The Morgan fingerprint density at radius 1 is 0.970 bits per heavy atom. The molecule has 0 aliphatic carbocycles. The minimum Gasteiger partial charge on any atom is -0.325 e. The normalized spacial score (nSPS) is 14.3. The molecule has 0 radical (unpaired) electrons. The van der Waals surface area contributed by atoms with Gasteiger partial charge in [0, 0.05) is 56.2 Å². The van der Waals surface area contributed by atoms with Crippen molar-refractivity contribution in [3.63, 3.8) is 0 Å². The van der Waals surface area contributed by atoms with Crippen molar-refractivity contribution in [1.82, 2.24) is 40.1 Å². The SMILES string of the molecule is Cc1cccc(-c2nccc(Nc3ccnc(Cc4nc(CN5CCNCC5)cs4)n3)n2)n1. The van der Waals surface area contributed by atoms with Gasteiger partial charge in [-0.1, -0.05) is 6.07 Å². The molecule has 0 atom stereocenters. The maximum absolute atomic E-state index is 4.79. The number of pyridine rings is 1. The number of aryl methyl sites for hydroxylation is 1. The van der Waals surface area contributed by atoms with E-state index in [9.17, 15) is 0 Å². The fraction of sp³-hybridized carbons (Fsp3) is 0.304. The van der Waals surface area contributed by atoms with Gasteiger partial charge in [-0.25, -0.2) is 29.9 Å². The molecule has 33 heavy (non-hydrogen) atoms. The lowest BCUT2D eigenvalue weighted by atomic mass is 10.3. The van der Waals surface area contributed by atoms with Gasteiger partial charge in [0.15, 0.2) is 5.82 Å². The van der Waals surface area contributed by atoms with Gasteiger partial charge < -0.3 is 10.6 Å². The minimum absolute atomic E-state index is 0.567. The molecule has 1 aliphatic rings. The number of nitrogens with one attached hydrogen (secondary N) is 2. The quantitative estimate of drug-likeness (QED) is 0.432. The summed E-state index contributed by atoms with van der Waals surface area (Å²) in [5.41, 5.74) is 2.78. The Kier molecular flexibility index (Phi) is 6.56. The van der Waals surface area contributed by atoms with E-state index in [0.717, 1.165) is 60.6 Å². The fourth-order valence-corrected chi connectivity index (χ4v) is 4.42. The molecule has 5 heterocycles. The van der Waals surface area contributed by atoms with Gasteiger partial charge in [0.1, 0.15) is 28.2 Å². The third kappa shape index (κ3) is 5.72. The van der Waals surface area contributed by atoms with Crippen LogP contribution < -0.4 is 10.6 Å². The molecule has 0 saturated carbocycles. The second kappa shape index (κ2) is 10.1. The van der Waals surface area contributed by atoms with Crippen LogP contribution in [0.15, 0.2) is 48.1 Å². The van der Waals surface area contributed by atoms with Crippen LogP contribution in [0.3, 0.4) is 0 Å². The van der Waals surface area contributed by atoms with E-state index in [4.69, 9.17) is 4.98 Å². The van der Waals surface area contributed by atoms with Crippen LogP contribution in [0.25, 0.3) is 11.5 Å². The maximum Gasteiger partial charge on any atom is 0.180 e. The van der Waals surface area contributed by atoms with E-state index in [1.54, 1.807) is 23.7 Å². The minimum atomic E-state index is 0.567. The van der Waals surface area contributed by atoms with Crippen LogP contribution in [0.4, 0.5) is 11.6 Å². The summed E-state index contributed by atoms with van der Waals surface area (Å²) in [5, 5.41) is 9.80. The van der Waals surface area contributed by atoms with E-state index in [0.29, 0.717) is 23.9 Å². The molecule has 1 fully saturated rings. The number of piperazine rings is 1. The molecule has 0 aromatic carbocycles. The summed E-state index contributed by atoms with van der Waals surface area (Å²) in [4.78, 5) is 29.7. The molecule has 5 rings (SSSR count). The molecule has 4 aromatic rings. The third-order valence-corrected chi connectivity index (χ3v) is 6.14. The topological polar surface area (TPSA) is 105 Å². The summed E-state index contributed by atoms with van der Waals surface area (Å²) in [6, 6.07) is 9.44. The number of thiazole rings is 1. The Morgan fingerprint density at radius 2 is 1.79 bits per heavy atom. The smallest absolute Gasteiger partial charge is 0.180 e. The third-order valence-electron chi connectivity index (χ3n) is 5.24. The largest absolute Gasteiger partial charge is 0.325 e. The second-order valence-electron chi connectivity index (χ2n) is 7.85. The van der Waals surface area contributed by atoms with Crippen molar-refractivity contribution in [2.24, 2.45) is 0 Å². The molecule has 1 aliphatic heterocycles. The average Bonchev–Trinajstić information content (AvgIpc) is 3.27. The van der Waals surface area contributed by atoms with E-state index in [1.165, 1.54) is 0 Å². The van der Waals surface area contributed by atoms with Crippen LogP contribution in [0.5, 0.6) is 0 Å². The highest BCUT2D eigenvalue weighted by Crippen LogP contribution is 2.19. The Morgan fingerprint density at radius 3 is 2.64 bits per heavy atom. The van der Waals surface area contributed by atoms with Crippen molar-refractivity contribution >= 4 is 23.0 Å². The van der Waals surface area contributed by atoms with Crippen molar-refractivity contribution in [2.75, 3.05) is 31.5 Å². The van der Waals surface area contributed by atoms with E-state index < -0.39 is 0 Å². The lowest BCUT2D eigenvalue weighted by Crippen LogP contribution is -2.42. The fourth-order valence-electron chi connectivity index (χ4n) is 3.64. The zero-order valence-corrected chi connectivity index (χ0v) is 19.2. The highest BCUT2D eigenvalue weighted by Gasteiger charge is 2.13. The molecule has 10 heteroatoms. The summed E-state index contributed by atoms with van der Waals surface area (Å²) >= 11 is 1.66. The number of nitrogens with zero attached hydrogens (tertiary/aromatic N) is 7. The molecule has 0 unspecified atom stereocenters. The highest BCUT2D eigenvalue weighted by atomic mass is 32.1. The lowest BCUT2D eigenvalue weighted by molar-refractivity contribution is 0.231. The number of hydrogen-bond donors (Lipinski definition) is 2. The van der Waals surface area contributed by atoms with E-state index >= 15 is 0 Å². The summed E-state index contributed by atoms with van der Waals surface area (Å²) in [6.07, 6.45) is 4.07. The Hall–Kier alpha value is -3.34. The van der Waals surface area contributed by atoms with Gasteiger partial charge in [0.25, 0.3) is 0 Å². The first-order valence-electron chi connectivity index (χ1n) is 10.9. The van der Waals surface area contributed by atoms with Crippen LogP contribution in [-0.2, 0) is 13.0 Å². The van der Waals surface area contributed by atoms with Gasteiger partial charge in [-0.05, 0) is 31.2 Å². The zero-order chi connectivity index (χ0) is 22.5. The predicted molar refractivity (Wildman–Crippen MR) is 128 cm³/mol. The van der Waals surface area contributed by atoms with Crippen LogP contribution >= 0.6 is 11.3 Å². The summed E-state index contributed by atoms with van der Waals surface area (Å²) < 4.78 is 0. The van der Waals surface area contributed by atoms with E-state index in [1.807, 2.05) is 37.3 Å². The molecular weight excluding hydrogens is 434 g/mol. The first-order chi connectivity index (χ1) is 16.2. The Bertz CT molecular complexity index is 1220. The van der Waals surface area contributed by atoms with Crippen LogP contribution in [0.2, 0.25) is 0 Å². The first kappa shape index (κ1) is 21.5. The number of aromatic nitrogens is 6. The Balaban J connectivity index is 1.25. The monoisotopic (exact) mass is 459 g/mol. The highest BCUT2D eigenvalue weighted by molar-refractivity contribution is 7.09. The van der Waals surface area contributed by atoms with E-state index in [-0.39, 0.29) is 0 Å². The number of hydrogen-bond acceptors (Lipinski definition) is 10. The van der Waals surface area contributed by atoms with Gasteiger partial charge in [-0.2, -0.15) is 0 Å². The van der Waals surface area contributed by atoms with Crippen molar-refractivity contribution in [3.05, 3.63) is 70.3 Å². The molecule has 0 amide bonds. The molecule has 168 valence electrons. The van der Waals surface area contributed by atoms with Gasteiger partial charge in [0.05, 0.1) is 12.1 Å². The zero-order valence-electron chi connectivity index (χ0n) is 18.4. The molecule has 0 bridgehead atoms. The summed E-state index contributed by atoms with van der Waals surface area (Å²) in [7, 11) is 0. The van der Waals surface area contributed by atoms with E-state index in [2.05, 4.69) is 45.8 Å². The van der Waals surface area contributed by atoms with Gasteiger partial charge in [-0.3, -0.25) is 4.90 Å². The molecular formula is C23H25N9S. The second-order valence-corrected chi connectivity index (χ2v) is 8.79. The van der Waals surface area contributed by atoms with Gasteiger partial charge >= 0.3 is 0 Å².